The van der Waals surface area contributed by atoms with Gasteiger partial charge in [0.1, 0.15) is 17.3 Å². The number of amides is 1. The molecule has 1 aliphatic rings. The standard InChI is InChI=1S/C23H18ClNO5/c1-29-18-7-3-2-6-17(18)21(26)19-20(14-8-10-15(24)11-9-14)25(23(28)22(19)27)13-16-5-4-12-30-16/h2-12,20,26H,13H2,1H3/b21-19-. The van der Waals surface area contributed by atoms with Crippen LogP contribution in [-0.4, -0.2) is 28.8 Å². The lowest BCUT2D eigenvalue weighted by Crippen LogP contribution is -2.29. The zero-order chi connectivity index (χ0) is 21.3. The first-order valence-electron chi connectivity index (χ1n) is 9.21. The first-order valence-corrected chi connectivity index (χ1v) is 9.58. The number of halogens is 1. The predicted molar refractivity (Wildman–Crippen MR) is 111 cm³/mol. The SMILES string of the molecule is COc1ccccc1/C(O)=C1/C(=O)C(=O)N(Cc2ccco2)C1c1ccc(Cl)cc1. The average Bonchev–Trinajstić information content (AvgIpc) is 3.36. The van der Waals surface area contributed by atoms with Gasteiger partial charge in [-0.3, -0.25) is 9.59 Å². The Bertz CT molecular complexity index is 1120. The number of benzene rings is 2. The van der Waals surface area contributed by atoms with Crippen LogP contribution in [0, 0.1) is 0 Å². The molecule has 1 aliphatic heterocycles. The fourth-order valence-corrected chi connectivity index (χ4v) is 3.72. The van der Waals surface area contributed by atoms with Crippen LogP contribution in [0.3, 0.4) is 0 Å². The van der Waals surface area contributed by atoms with Crippen molar-refractivity contribution in [3.05, 3.63) is 94.4 Å². The van der Waals surface area contributed by atoms with E-state index in [0.717, 1.165) is 0 Å². The number of ketones is 1. The Morgan fingerprint density at radius 3 is 2.50 bits per heavy atom. The highest BCUT2D eigenvalue weighted by Crippen LogP contribution is 2.41. The Balaban J connectivity index is 1.89. The molecule has 1 fully saturated rings. The van der Waals surface area contributed by atoms with E-state index in [1.807, 2.05) is 0 Å². The topological polar surface area (TPSA) is 80.0 Å². The Morgan fingerprint density at radius 1 is 1.10 bits per heavy atom. The lowest BCUT2D eigenvalue weighted by atomic mass is 9.95. The van der Waals surface area contributed by atoms with Crippen molar-refractivity contribution in [3.63, 3.8) is 0 Å². The fourth-order valence-electron chi connectivity index (χ4n) is 3.59. The highest BCUT2D eigenvalue weighted by Gasteiger charge is 2.46. The number of aliphatic hydroxyl groups is 1. The first-order chi connectivity index (χ1) is 14.5. The van der Waals surface area contributed by atoms with Crippen molar-refractivity contribution in [2.75, 3.05) is 7.11 Å². The third kappa shape index (κ3) is 3.46. The number of Topliss-reactive ketones (excluding diaryl/α,β-unsaturated/α-hetero) is 1. The number of ether oxygens (including phenoxy) is 1. The molecule has 0 bridgehead atoms. The maximum atomic E-state index is 13.0. The normalized spacial score (nSPS) is 18.1. The molecular formula is C23H18ClNO5. The van der Waals surface area contributed by atoms with Gasteiger partial charge in [0.25, 0.3) is 11.7 Å². The summed E-state index contributed by atoms with van der Waals surface area (Å²) in [7, 11) is 1.47. The predicted octanol–water partition coefficient (Wildman–Crippen LogP) is 4.56. The third-order valence-electron chi connectivity index (χ3n) is 4.99. The lowest BCUT2D eigenvalue weighted by molar-refractivity contribution is -0.140. The number of rotatable bonds is 5. The van der Waals surface area contributed by atoms with E-state index in [-0.39, 0.29) is 17.9 Å². The molecule has 1 aromatic heterocycles. The number of carbonyl (C=O) groups is 2. The molecule has 1 amide bonds. The molecule has 1 saturated heterocycles. The van der Waals surface area contributed by atoms with Crippen molar-refractivity contribution < 1.29 is 23.8 Å². The van der Waals surface area contributed by atoms with Gasteiger partial charge in [-0.05, 0) is 42.0 Å². The number of hydrogen-bond acceptors (Lipinski definition) is 5. The van der Waals surface area contributed by atoms with Gasteiger partial charge in [-0.25, -0.2) is 0 Å². The van der Waals surface area contributed by atoms with Gasteiger partial charge in [0.05, 0.1) is 37.1 Å². The van der Waals surface area contributed by atoms with E-state index < -0.39 is 17.7 Å². The molecule has 1 unspecified atom stereocenters. The number of nitrogens with zero attached hydrogens (tertiary/aromatic N) is 1. The molecule has 2 aromatic carbocycles. The smallest absolute Gasteiger partial charge is 0.296 e. The molecule has 0 saturated carbocycles. The summed E-state index contributed by atoms with van der Waals surface area (Å²) in [5.41, 5.74) is 0.954. The summed E-state index contributed by atoms with van der Waals surface area (Å²) in [5.74, 6) is -0.879. The highest BCUT2D eigenvalue weighted by atomic mass is 35.5. The second-order valence-electron chi connectivity index (χ2n) is 6.76. The van der Waals surface area contributed by atoms with Crippen LogP contribution in [0.5, 0.6) is 5.75 Å². The summed E-state index contributed by atoms with van der Waals surface area (Å²) >= 11 is 6.02. The Hall–Kier alpha value is -3.51. The van der Waals surface area contributed by atoms with E-state index in [9.17, 15) is 14.7 Å². The Kier molecular flexibility index (Phi) is 5.33. The van der Waals surface area contributed by atoms with E-state index in [1.54, 1.807) is 60.7 Å². The highest BCUT2D eigenvalue weighted by molar-refractivity contribution is 6.46. The summed E-state index contributed by atoms with van der Waals surface area (Å²) < 4.78 is 10.7. The second kappa shape index (κ2) is 8.08. The molecule has 0 radical (unpaired) electrons. The van der Waals surface area contributed by atoms with Crippen molar-refractivity contribution in [1.29, 1.82) is 0 Å². The van der Waals surface area contributed by atoms with Crippen molar-refractivity contribution in [2.45, 2.75) is 12.6 Å². The maximum absolute atomic E-state index is 13.0. The number of carbonyl (C=O) groups excluding carboxylic acids is 2. The van der Waals surface area contributed by atoms with Crippen LogP contribution in [0.2, 0.25) is 5.02 Å². The van der Waals surface area contributed by atoms with Crippen LogP contribution in [0.4, 0.5) is 0 Å². The molecular weight excluding hydrogens is 406 g/mol. The summed E-state index contributed by atoms with van der Waals surface area (Å²) in [6.07, 6.45) is 1.50. The van der Waals surface area contributed by atoms with Gasteiger partial charge in [0.2, 0.25) is 0 Å². The molecule has 3 aromatic rings. The van der Waals surface area contributed by atoms with Crippen LogP contribution >= 0.6 is 11.6 Å². The number of furan rings is 1. The van der Waals surface area contributed by atoms with E-state index >= 15 is 0 Å². The summed E-state index contributed by atoms with van der Waals surface area (Å²) in [6, 6.07) is 16.2. The molecule has 30 heavy (non-hydrogen) atoms. The van der Waals surface area contributed by atoms with E-state index in [1.165, 1.54) is 18.3 Å². The molecule has 1 N–H and O–H groups in total. The summed E-state index contributed by atoms with van der Waals surface area (Å²) in [5, 5.41) is 11.6. The maximum Gasteiger partial charge on any atom is 0.296 e. The minimum Gasteiger partial charge on any atom is -0.507 e. The summed E-state index contributed by atoms with van der Waals surface area (Å²) in [6.45, 7) is 0.0770. The molecule has 4 rings (SSSR count). The zero-order valence-electron chi connectivity index (χ0n) is 16.0. The zero-order valence-corrected chi connectivity index (χ0v) is 16.8. The molecule has 0 aliphatic carbocycles. The number of methoxy groups -OCH3 is 1. The number of hydrogen-bond donors (Lipinski definition) is 1. The molecule has 0 spiro atoms. The van der Waals surface area contributed by atoms with E-state index in [2.05, 4.69) is 0 Å². The van der Waals surface area contributed by atoms with Crippen LogP contribution in [0.25, 0.3) is 5.76 Å². The molecule has 152 valence electrons. The van der Waals surface area contributed by atoms with Gasteiger partial charge in [-0.1, -0.05) is 35.9 Å². The van der Waals surface area contributed by atoms with Gasteiger partial charge in [-0.2, -0.15) is 0 Å². The summed E-state index contributed by atoms with van der Waals surface area (Å²) in [4.78, 5) is 27.3. The van der Waals surface area contributed by atoms with Crippen molar-refractivity contribution in [2.24, 2.45) is 0 Å². The average molecular weight is 424 g/mol. The fraction of sp³-hybridized carbons (Fsp3) is 0.130. The minimum atomic E-state index is -0.808. The lowest BCUT2D eigenvalue weighted by Gasteiger charge is -2.24. The van der Waals surface area contributed by atoms with Gasteiger partial charge < -0.3 is 19.2 Å². The van der Waals surface area contributed by atoms with Crippen LogP contribution in [0.1, 0.15) is 22.9 Å². The number of para-hydroxylation sites is 1. The second-order valence-corrected chi connectivity index (χ2v) is 7.19. The van der Waals surface area contributed by atoms with E-state index in [0.29, 0.717) is 27.7 Å². The van der Waals surface area contributed by atoms with Gasteiger partial charge >= 0.3 is 0 Å². The Morgan fingerprint density at radius 2 is 1.83 bits per heavy atom. The quantitative estimate of drug-likeness (QED) is 0.369. The molecule has 1 atom stereocenters. The minimum absolute atomic E-state index is 0.0154. The van der Waals surface area contributed by atoms with Crippen LogP contribution in [0.15, 0.2) is 76.9 Å². The van der Waals surface area contributed by atoms with E-state index in [4.69, 9.17) is 20.8 Å². The van der Waals surface area contributed by atoms with Crippen molar-refractivity contribution >= 4 is 29.1 Å². The van der Waals surface area contributed by atoms with Crippen LogP contribution < -0.4 is 4.74 Å². The van der Waals surface area contributed by atoms with Gasteiger partial charge in [0.15, 0.2) is 0 Å². The third-order valence-corrected chi connectivity index (χ3v) is 5.25. The molecule has 6 nitrogen and oxygen atoms in total. The monoisotopic (exact) mass is 423 g/mol. The Labute approximate surface area is 177 Å². The number of likely N-dealkylation sites (tertiary alicyclic amines) is 1. The molecule has 2 heterocycles. The largest absolute Gasteiger partial charge is 0.507 e. The first kappa shape index (κ1) is 19.8. The van der Waals surface area contributed by atoms with Crippen molar-refractivity contribution in [1.82, 2.24) is 4.90 Å². The van der Waals surface area contributed by atoms with Crippen LogP contribution in [-0.2, 0) is 16.1 Å². The van der Waals surface area contributed by atoms with Crippen molar-refractivity contribution in [3.8, 4) is 5.75 Å². The van der Waals surface area contributed by atoms with Gasteiger partial charge in [0, 0.05) is 5.02 Å². The van der Waals surface area contributed by atoms with Gasteiger partial charge in [-0.15, -0.1) is 0 Å². The molecule has 7 heteroatoms. The number of aliphatic hydroxyl groups excluding tert-OH is 1.